The summed E-state index contributed by atoms with van der Waals surface area (Å²) < 4.78 is 20.5. The summed E-state index contributed by atoms with van der Waals surface area (Å²) in [5.74, 6) is 0.791. The zero-order valence-electron chi connectivity index (χ0n) is 33.9. The molecule has 63 heavy (non-hydrogen) atoms. The Morgan fingerprint density at radius 3 is 1.27 bits per heavy atom. The van der Waals surface area contributed by atoms with Crippen LogP contribution < -0.4 is 5.32 Å². The smallest absolute Gasteiger partial charge is 0.143 e. The molecular weight excluding hydrogens is 773 g/mol. The van der Waals surface area contributed by atoms with E-state index in [9.17, 15) is 0 Å². The highest BCUT2D eigenvalue weighted by Gasteiger charge is 2.29. The maximum Gasteiger partial charge on any atom is 0.143 e. The van der Waals surface area contributed by atoms with E-state index in [1.165, 1.54) is 0 Å². The van der Waals surface area contributed by atoms with Crippen molar-refractivity contribution < 1.29 is 13.3 Å². The van der Waals surface area contributed by atoms with Gasteiger partial charge in [0.05, 0.1) is 11.7 Å². The molecule has 1 aliphatic heterocycles. The summed E-state index contributed by atoms with van der Waals surface area (Å²) in [7, 11) is 0. The lowest BCUT2D eigenvalue weighted by Gasteiger charge is -2.29. The molecule has 1 unspecified atom stereocenters. The molecule has 3 aromatic heterocycles. The number of nitrogens with one attached hydrogen (secondary N) is 1. The van der Waals surface area contributed by atoms with Gasteiger partial charge in [-0.2, -0.15) is 0 Å². The molecule has 4 heterocycles. The van der Waals surface area contributed by atoms with Crippen molar-refractivity contribution in [3.63, 3.8) is 0 Å². The van der Waals surface area contributed by atoms with E-state index in [1.54, 1.807) is 0 Å². The minimum Gasteiger partial charge on any atom is -0.455 e. The van der Waals surface area contributed by atoms with E-state index < -0.39 is 0 Å². The van der Waals surface area contributed by atoms with Gasteiger partial charge in [0.25, 0.3) is 0 Å². The lowest BCUT2D eigenvalue weighted by molar-refractivity contribution is 0.669. The predicted molar refractivity (Wildman–Crippen MR) is 258 cm³/mol. The van der Waals surface area contributed by atoms with E-state index in [4.69, 9.17) is 18.2 Å². The summed E-state index contributed by atoms with van der Waals surface area (Å²) in [6.45, 7) is 0. The first-order valence-electron chi connectivity index (χ1n) is 21.3. The summed E-state index contributed by atoms with van der Waals surface area (Å²) in [5, 5.41) is 10.4. The fraction of sp³-hybridized carbons (Fsp3) is 0.0172. The molecule has 0 bridgehead atoms. The van der Waals surface area contributed by atoms with Crippen molar-refractivity contribution in [1.82, 2.24) is 5.32 Å². The van der Waals surface area contributed by atoms with Crippen LogP contribution in [0, 0.1) is 0 Å². The molecule has 13 rings (SSSR count). The lowest BCUT2D eigenvalue weighted by Crippen LogP contribution is -2.32. The van der Waals surface area contributed by atoms with Crippen LogP contribution in [0.1, 0.15) is 22.7 Å². The Labute approximate surface area is 361 Å². The molecule has 0 saturated heterocycles. The third-order valence-corrected chi connectivity index (χ3v) is 12.6. The Morgan fingerprint density at radius 2 is 0.762 bits per heavy atom. The molecular formula is C58H36N2O3. The van der Waals surface area contributed by atoms with E-state index in [0.717, 1.165) is 127 Å². The first-order valence-corrected chi connectivity index (χ1v) is 21.3. The molecule has 1 N–H and O–H groups in total. The van der Waals surface area contributed by atoms with E-state index in [2.05, 4.69) is 163 Å². The van der Waals surface area contributed by atoms with E-state index in [1.807, 2.05) is 48.5 Å². The molecule has 12 aromatic rings. The highest BCUT2D eigenvalue weighted by atomic mass is 16.3. The second-order valence-electron chi connectivity index (χ2n) is 16.2. The Kier molecular flexibility index (Phi) is 7.90. The number of amidine groups is 1. The standard InChI is InChI=1S/C58H36N2O3/c1-3-16-35(17-4-1)49-34-50(60-58(59-49)36-18-5-2-6-19-36)54-47(45-27-14-25-43-40-21-8-11-30-52(40)62-56(43)45)32-37(38-23-13-24-42-39-20-7-10-29-51(39)61-55(38)42)33-48(54)46-28-15-26-44-41-22-9-12-31-53(41)63-57(44)46/h1-34,50H,(H,59,60). The number of rotatable bonds is 6. The number of para-hydroxylation sites is 6. The third-order valence-electron chi connectivity index (χ3n) is 12.6. The zero-order valence-corrected chi connectivity index (χ0v) is 33.9. The fourth-order valence-corrected chi connectivity index (χ4v) is 9.69. The Balaban J connectivity index is 1.18. The number of benzene rings is 9. The first kappa shape index (κ1) is 35.4. The molecule has 5 nitrogen and oxygen atoms in total. The van der Waals surface area contributed by atoms with Crippen molar-refractivity contribution in [2.45, 2.75) is 6.04 Å². The maximum absolute atomic E-state index is 6.88. The summed E-state index contributed by atoms with van der Waals surface area (Å²) in [4.78, 5) is 5.30. The Bertz CT molecular complexity index is 3700. The second-order valence-corrected chi connectivity index (χ2v) is 16.2. The number of fused-ring (bicyclic) bond motifs is 9. The molecule has 296 valence electrons. The average molecular weight is 809 g/mol. The monoisotopic (exact) mass is 808 g/mol. The molecule has 1 aliphatic rings. The van der Waals surface area contributed by atoms with Gasteiger partial charge < -0.3 is 18.6 Å². The van der Waals surface area contributed by atoms with Crippen LogP contribution in [0.5, 0.6) is 0 Å². The first-order chi connectivity index (χ1) is 31.2. The molecule has 0 aliphatic carbocycles. The number of furan rings is 3. The summed E-state index contributed by atoms with van der Waals surface area (Å²) in [5.41, 5.74) is 15.0. The van der Waals surface area contributed by atoms with Crippen LogP contribution in [0.2, 0.25) is 0 Å². The largest absolute Gasteiger partial charge is 0.455 e. The van der Waals surface area contributed by atoms with Gasteiger partial charge in [0.2, 0.25) is 0 Å². The second kappa shape index (κ2) is 14.1. The quantitative estimate of drug-likeness (QED) is 0.182. The van der Waals surface area contributed by atoms with E-state index in [-0.39, 0.29) is 6.04 Å². The van der Waals surface area contributed by atoms with Gasteiger partial charge in [0.15, 0.2) is 0 Å². The minimum absolute atomic E-state index is 0.353. The Hall–Kier alpha value is -8.41. The third kappa shape index (κ3) is 5.67. The van der Waals surface area contributed by atoms with Crippen molar-refractivity contribution in [1.29, 1.82) is 0 Å². The molecule has 5 heteroatoms. The van der Waals surface area contributed by atoms with Gasteiger partial charge in [-0.15, -0.1) is 0 Å². The number of nitrogens with zero attached hydrogens (tertiary/aromatic N) is 1. The Morgan fingerprint density at radius 1 is 0.349 bits per heavy atom. The van der Waals surface area contributed by atoms with Crippen LogP contribution in [0.4, 0.5) is 0 Å². The zero-order chi connectivity index (χ0) is 41.4. The van der Waals surface area contributed by atoms with Gasteiger partial charge in [-0.3, -0.25) is 0 Å². The van der Waals surface area contributed by atoms with Gasteiger partial charge in [0, 0.05) is 54.6 Å². The molecule has 0 spiro atoms. The normalized spacial score (nSPS) is 14.2. The number of aliphatic imine (C=N–C) groups is 1. The van der Waals surface area contributed by atoms with Crippen LogP contribution in [0.15, 0.2) is 225 Å². The van der Waals surface area contributed by atoms with E-state index >= 15 is 0 Å². The highest BCUT2D eigenvalue weighted by molar-refractivity contribution is 6.14. The van der Waals surface area contributed by atoms with Crippen LogP contribution in [0.3, 0.4) is 0 Å². The van der Waals surface area contributed by atoms with Crippen molar-refractivity contribution >= 4 is 77.3 Å². The molecule has 1 atom stereocenters. The molecule has 0 amide bonds. The number of hydrogen-bond donors (Lipinski definition) is 1. The van der Waals surface area contributed by atoms with Gasteiger partial charge in [-0.25, -0.2) is 4.99 Å². The van der Waals surface area contributed by atoms with E-state index in [0.29, 0.717) is 0 Å². The molecule has 0 saturated carbocycles. The highest BCUT2D eigenvalue weighted by Crippen LogP contribution is 2.49. The maximum atomic E-state index is 6.88. The summed E-state index contributed by atoms with van der Waals surface area (Å²) in [6, 6.07) is 69.4. The van der Waals surface area contributed by atoms with Crippen LogP contribution >= 0.6 is 0 Å². The average Bonchev–Trinajstić information content (AvgIpc) is 4.06. The van der Waals surface area contributed by atoms with Crippen molar-refractivity contribution in [2.24, 2.45) is 4.99 Å². The van der Waals surface area contributed by atoms with Crippen molar-refractivity contribution in [2.75, 3.05) is 0 Å². The summed E-state index contributed by atoms with van der Waals surface area (Å²) in [6.07, 6.45) is 2.27. The predicted octanol–water partition coefficient (Wildman–Crippen LogP) is 15.5. The molecule has 0 radical (unpaired) electrons. The van der Waals surface area contributed by atoms with Gasteiger partial charge in [-0.05, 0) is 64.2 Å². The van der Waals surface area contributed by atoms with Crippen LogP contribution in [0.25, 0.3) is 105 Å². The minimum atomic E-state index is -0.353. The summed E-state index contributed by atoms with van der Waals surface area (Å²) >= 11 is 0. The fourth-order valence-electron chi connectivity index (χ4n) is 9.69. The van der Waals surface area contributed by atoms with Gasteiger partial charge in [0.1, 0.15) is 39.3 Å². The number of hydrogen-bond acceptors (Lipinski definition) is 5. The van der Waals surface area contributed by atoms with Crippen LogP contribution in [-0.4, -0.2) is 5.84 Å². The molecule has 0 fully saturated rings. The van der Waals surface area contributed by atoms with Gasteiger partial charge >= 0.3 is 0 Å². The van der Waals surface area contributed by atoms with Crippen molar-refractivity contribution in [3.05, 3.63) is 223 Å². The lowest BCUT2D eigenvalue weighted by atomic mass is 9.82. The van der Waals surface area contributed by atoms with Crippen LogP contribution in [-0.2, 0) is 0 Å². The molecule has 9 aromatic carbocycles. The van der Waals surface area contributed by atoms with Crippen molar-refractivity contribution in [3.8, 4) is 33.4 Å². The topological polar surface area (TPSA) is 63.8 Å². The SMILES string of the molecule is C1=C(c2ccccc2)N=C(c2ccccc2)NC1c1c(-c2cccc3c2oc2ccccc23)cc(-c2cccc3c2oc2ccccc23)cc1-c1cccc2c1oc1ccccc12. The van der Waals surface area contributed by atoms with Gasteiger partial charge in [-0.1, -0.05) is 170 Å².